The molecule has 0 aliphatic rings. The third-order valence-corrected chi connectivity index (χ3v) is 1.77. The lowest BCUT2D eigenvalue weighted by atomic mass is 10.1. The predicted octanol–water partition coefficient (Wildman–Crippen LogP) is 0.689. The zero-order chi connectivity index (χ0) is 11.4. The van der Waals surface area contributed by atoms with E-state index < -0.39 is 11.2 Å². The van der Waals surface area contributed by atoms with E-state index >= 15 is 0 Å². The Morgan fingerprint density at radius 2 is 1.86 bits per heavy atom. The molecule has 0 saturated carbocycles. The Bertz CT molecular complexity index is 194. The number of rotatable bonds is 5. The quantitative estimate of drug-likeness (QED) is 0.691. The highest BCUT2D eigenvalue weighted by molar-refractivity contribution is 5.83. The number of carbonyl (C=O) groups excluding carboxylic acids is 1. The Labute approximate surface area is 85.6 Å². The van der Waals surface area contributed by atoms with E-state index in [0.717, 1.165) is 0 Å². The number of hydrogen-bond acceptors (Lipinski definition) is 3. The first kappa shape index (κ1) is 13.4. The molecule has 0 radical (unpaired) electrons. The summed E-state index contributed by atoms with van der Waals surface area (Å²) < 4.78 is 5.40. The van der Waals surface area contributed by atoms with Gasteiger partial charge in [-0.15, -0.1) is 0 Å². The van der Waals surface area contributed by atoms with Crippen molar-refractivity contribution in [2.45, 2.75) is 45.8 Å². The van der Waals surface area contributed by atoms with E-state index in [1.807, 2.05) is 20.8 Å². The smallest absolute Gasteiger partial charge is 0.251 e. The number of carbonyl (C=O) groups is 1. The van der Waals surface area contributed by atoms with Crippen molar-refractivity contribution >= 4 is 5.91 Å². The summed E-state index contributed by atoms with van der Waals surface area (Å²) in [5.41, 5.74) is -1.72. The summed E-state index contributed by atoms with van der Waals surface area (Å²) >= 11 is 0. The normalized spacial score (nSPS) is 12.7. The van der Waals surface area contributed by atoms with Gasteiger partial charge in [0, 0.05) is 13.2 Å². The van der Waals surface area contributed by atoms with Crippen LogP contribution >= 0.6 is 0 Å². The van der Waals surface area contributed by atoms with Crippen LogP contribution in [-0.2, 0) is 9.53 Å². The van der Waals surface area contributed by atoms with E-state index in [4.69, 9.17) is 4.74 Å². The third kappa shape index (κ3) is 5.19. The van der Waals surface area contributed by atoms with Gasteiger partial charge in [-0.1, -0.05) is 0 Å². The number of amides is 1. The van der Waals surface area contributed by atoms with Gasteiger partial charge in [-0.3, -0.25) is 4.79 Å². The van der Waals surface area contributed by atoms with Crippen LogP contribution in [0.3, 0.4) is 0 Å². The van der Waals surface area contributed by atoms with Crippen LogP contribution in [0, 0.1) is 0 Å². The molecule has 0 aromatic carbocycles. The summed E-state index contributed by atoms with van der Waals surface area (Å²) in [5, 5.41) is 12.0. The second kappa shape index (κ2) is 4.75. The van der Waals surface area contributed by atoms with Gasteiger partial charge in [-0.05, 0) is 34.6 Å². The molecule has 0 aromatic heterocycles. The molecule has 0 heterocycles. The zero-order valence-electron chi connectivity index (χ0n) is 9.68. The number of aliphatic hydroxyl groups is 1. The van der Waals surface area contributed by atoms with E-state index in [-0.39, 0.29) is 5.91 Å². The maximum atomic E-state index is 11.3. The second-order valence-electron chi connectivity index (χ2n) is 4.43. The van der Waals surface area contributed by atoms with Gasteiger partial charge < -0.3 is 15.2 Å². The highest BCUT2D eigenvalue weighted by Crippen LogP contribution is 2.08. The average molecular weight is 203 g/mol. The average Bonchev–Trinajstić information content (AvgIpc) is 1.98. The molecular weight excluding hydrogens is 182 g/mol. The molecule has 0 fully saturated rings. The monoisotopic (exact) mass is 203 g/mol. The predicted molar refractivity (Wildman–Crippen MR) is 55.0 cm³/mol. The molecule has 0 rings (SSSR count). The minimum absolute atomic E-state index is 0.384. The number of nitrogens with one attached hydrogen (secondary N) is 1. The number of hydrogen-bond donors (Lipinski definition) is 2. The third-order valence-electron chi connectivity index (χ3n) is 1.77. The van der Waals surface area contributed by atoms with Gasteiger partial charge in [-0.2, -0.15) is 0 Å². The molecule has 0 bridgehead atoms. The van der Waals surface area contributed by atoms with E-state index in [2.05, 4.69) is 5.32 Å². The van der Waals surface area contributed by atoms with Gasteiger partial charge in [0.2, 0.25) is 0 Å². The summed E-state index contributed by atoms with van der Waals surface area (Å²) in [7, 11) is 0. The van der Waals surface area contributed by atoms with Crippen molar-refractivity contribution in [2.75, 3.05) is 13.2 Å². The summed E-state index contributed by atoms with van der Waals surface area (Å²) in [5.74, 6) is -0.384. The van der Waals surface area contributed by atoms with Crippen molar-refractivity contribution < 1.29 is 14.6 Å². The second-order valence-corrected chi connectivity index (χ2v) is 4.43. The fourth-order valence-electron chi connectivity index (χ4n) is 0.951. The van der Waals surface area contributed by atoms with Crippen molar-refractivity contribution in [3.05, 3.63) is 0 Å². The first-order valence-electron chi connectivity index (χ1n) is 4.83. The van der Waals surface area contributed by atoms with Gasteiger partial charge in [0.15, 0.2) is 0 Å². The summed E-state index contributed by atoms with van der Waals surface area (Å²) in [6.45, 7) is 9.59. The molecule has 1 amide bonds. The lowest BCUT2D eigenvalue weighted by Gasteiger charge is -2.26. The molecule has 2 N–H and O–H groups in total. The molecule has 0 atom stereocenters. The molecule has 84 valence electrons. The fraction of sp³-hybridized carbons (Fsp3) is 0.900. The largest absolute Gasteiger partial charge is 0.381 e. The molecule has 0 aliphatic carbocycles. The maximum absolute atomic E-state index is 11.3. The molecule has 14 heavy (non-hydrogen) atoms. The Kier molecular flexibility index (Phi) is 4.55. The van der Waals surface area contributed by atoms with Crippen molar-refractivity contribution in [3.8, 4) is 0 Å². The van der Waals surface area contributed by atoms with Crippen LogP contribution in [0.25, 0.3) is 0 Å². The topological polar surface area (TPSA) is 58.6 Å². The van der Waals surface area contributed by atoms with Crippen LogP contribution < -0.4 is 5.32 Å². The van der Waals surface area contributed by atoms with Gasteiger partial charge in [0.1, 0.15) is 5.60 Å². The lowest BCUT2D eigenvalue weighted by Crippen LogP contribution is -2.48. The van der Waals surface area contributed by atoms with E-state index in [9.17, 15) is 9.90 Å². The van der Waals surface area contributed by atoms with E-state index in [1.54, 1.807) is 0 Å². The van der Waals surface area contributed by atoms with Crippen molar-refractivity contribution in [1.82, 2.24) is 5.32 Å². The summed E-state index contributed by atoms with van der Waals surface area (Å²) in [6, 6.07) is 0. The first-order valence-corrected chi connectivity index (χ1v) is 4.83. The summed E-state index contributed by atoms with van der Waals surface area (Å²) in [6.07, 6.45) is 0. The lowest BCUT2D eigenvalue weighted by molar-refractivity contribution is -0.137. The summed E-state index contributed by atoms with van der Waals surface area (Å²) in [4.78, 5) is 11.3. The Balaban J connectivity index is 4.00. The molecule has 0 aliphatic heterocycles. The maximum Gasteiger partial charge on any atom is 0.251 e. The Hall–Kier alpha value is -0.610. The van der Waals surface area contributed by atoms with Crippen LogP contribution in [-0.4, -0.2) is 35.4 Å². The molecule has 0 spiro atoms. The first-order chi connectivity index (χ1) is 6.19. The van der Waals surface area contributed by atoms with Gasteiger partial charge in [0.25, 0.3) is 5.91 Å². The van der Waals surface area contributed by atoms with E-state index in [0.29, 0.717) is 13.2 Å². The minimum Gasteiger partial charge on any atom is -0.381 e. The van der Waals surface area contributed by atoms with Gasteiger partial charge in [0.05, 0.1) is 5.60 Å². The van der Waals surface area contributed by atoms with Crippen molar-refractivity contribution in [2.24, 2.45) is 0 Å². The molecular formula is C10H21NO3. The van der Waals surface area contributed by atoms with Crippen LogP contribution in [0.4, 0.5) is 0 Å². The number of ether oxygens (including phenoxy) is 1. The van der Waals surface area contributed by atoms with Crippen LogP contribution in [0.5, 0.6) is 0 Å². The van der Waals surface area contributed by atoms with Crippen LogP contribution in [0.1, 0.15) is 34.6 Å². The molecule has 0 aromatic rings. The van der Waals surface area contributed by atoms with Crippen LogP contribution in [0.15, 0.2) is 0 Å². The Morgan fingerprint density at radius 3 is 2.21 bits per heavy atom. The standard InChI is InChI=1S/C10H21NO3/c1-6-14-9(2,3)7-11-8(12)10(4,5)13/h13H,6-7H2,1-5H3,(H,11,12). The fourth-order valence-corrected chi connectivity index (χ4v) is 0.951. The molecule has 0 unspecified atom stereocenters. The van der Waals surface area contributed by atoms with Crippen molar-refractivity contribution in [3.63, 3.8) is 0 Å². The highest BCUT2D eigenvalue weighted by atomic mass is 16.5. The van der Waals surface area contributed by atoms with Crippen LogP contribution in [0.2, 0.25) is 0 Å². The minimum atomic E-state index is -1.33. The van der Waals surface area contributed by atoms with E-state index in [1.165, 1.54) is 13.8 Å². The zero-order valence-corrected chi connectivity index (χ0v) is 9.68. The van der Waals surface area contributed by atoms with Crippen molar-refractivity contribution in [1.29, 1.82) is 0 Å². The van der Waals surface area contributed by atoms with Gasteiger partial charge in [-0.25, -0.2) is 0 Å². The molecule has 4 heteroatoms. The highest BCUT2D eigenvalue weighted by Gasteiger charge is 2.26. The van der Waals surface area contributed by atoms with Gasteiger partial charge >= 0.3 is 0 Å². The molecule has 0 saturated heterocycles. The Morgan fingerprint density at radius 1 is 1.36 bits per heavy atom. The SMILES string of the molecule is CCOC(C)(C)CNC(=O)C(C)(C)O. The molecule has 4 nitrogen and oxygen atoms in total.